The molecule has 80 valence electrons. The number of Topliss-reactive ketones (excluding diaryl/α,β-unsaturated/α-hetero) is 1. The van der Waals surface area contributed by atoms with Gasteiger partial charge in [0.25, 0.3) is 0 Å². The lowest BCUT2D eigenvalue weighted by atomic mass is 10.3. The summed E-state index contributed by atoms with van der Waals surface area (Å²) in [6, 6.07) is 0. The lowest BCUT2D eigenvalue weighted by molar-refractivity contribution is -0.114. The molecule has 0 aliphatic rings. The number of rotatable bonds is 3. The highest BCUT2D eigenvalue weighted by Gasteiger charge is 2.12. The summed E-state index contributed by atoms with van der Waals surface area (Å²) in [5.41, 5.74) is 0.0858. The molecule has 1 rings (SSSR count). The average Bonchev–Trinajstić information content (AvgIpc) is 2.16. The summed E-state index contributed by atoms with van der Waals surface area (Å²) in [7, 11) is 0. The smallest absolute Gasteiger partial charge is 0.222 e. The Kier molecular flexibility index (Phi) is 4.16. The van der Waals surface area contributed by atoms with Crippen molar-refractivity contribution in [3.05, 3.63) is 17.0 Å². The van der Waals surface area contributed by atoms with Crippen LogP contribution in [0.1, 0.15) is 17.4 Å². The molecule has 0 bridgehead atoms. The summed E-state index contributed by atoms with van der Waals surface area (Å²) in [6.45, 7) is 1.34. The van der Waals surface area contributed by atoms with Crippen LogP contribution in [0, 0.1) is 0 Å². The lowest BCUT2D eigenvalue weighted by Gasteiger charge is -2.03. The van der Waals surface area contributed by atoms with Gasteiger partial charge in [-0.3, -0.25) is 9.59 Å². The summed E-state index contributed by atoms with van der Waals surface area (Å²) in [5, 5.41) is 2.51. The third-order valence-corrected chi connectivity index (χ3v) is 2.19. The van der Waals surface area contributed by atoms with Crippen LogP contribution in [0.25, 0.3) is 0 Å². The van der Waals surface area contributed by atoms with Gasteiger partial charge in [0.15, 0.2) is 16.8 Å². The number of hydrogen-bond donors (Lipinski definition) is 1. The van der Waals surface area contributed by atoms with E-state index in [9.17, 15) is 9.59 Å². The van der Waals surface area contributed by atoms with E-state index < -0.39 is 0 Å². The molecule has 1 amide bonds. The molecule has 0 spiro atoms. The Morgan fingerprint density at radius 3 is 2.73 bits per heavy atom. The van der Waals surface area contributed by atoms with E-state index >= 15 is 0 Å². The third kappa shape index (κ3) is 3.24. The Morgan fingerprint density at radius 2 is 2.27 bits per heavy atom. The number of nitrogens with one attached hydrogen (secondary N) is 1. The van der Waals surface area contributed by atoms with Gasteiger partial charge in [0, 0.05) is 6.92 Å². The maximum Gasteiger partial charge on any atom is 0.222 e. The first-order chi connectivity index (χ1) is 7.04. The van der Waals surface area contributed by atoms with Crippen LogP contribution >= 0.6 is 27.5 Å². The quantitative estimate of drug-likeness (QED) is 0.679. The Labute approximate surface area is 99.4 Å². The monoisotopic (exact) mass is 291 g/mol. The fourth-order valence-corrected chi connectivity index (χ4v) is 1.37. The van der Waals surface area contributed by atoms with E-state index in [4.69, 9.17) is 11.6 Å². The zero-order chi connectivity index (χ0) is 11.4. The first kappa shape index (κ1) is 12.1. The van der Waals surface area contributed by atoms with Crippen LogP contribution in [0.3, 0.4) is 0 Å². The van der Waals surface area contributed by atoms with E-state index in [1.54, 1.807) is 0 Å². The van der Waals surface area contributed by atoms with Gasteiger partial charge in [0.05, 0.1) is 11.5 Å². The van der Waals surface area contributed by atoms with E-state index in [2.05, 4.69) is 31.2 Å². The van der Waals surface area contributed by atoms with Crippen molar-refractivity contribution in [1.29, 1.82) is 0 Å². The van der Waals surface area contributed by atoms with E-state index in [0.29, 0.717) is 0 Å². The first-order valence-electron chi connectivity index (χ1n) is 3.94. The highest BCUT2D eigenvalue weighted by Crippen LogP contribution is 2.14. The number of alkyl halides is 1. The van der Waals surface area contributed by atoms with Crippen molar-refractivity contribution in [2.24, 2.45) is 0 Å². The number of anilines is 1. The first-order valence-corrected chi connectivity index (χ1v) is 5.44. The van der Waals surface area contributed by atoms with E-state index in [-0.39, 0.29) is 33.7 Å². The second-order valence-electron chi connectivity index (χ2n) is 2.63. The van der Waals surface area contributed by atoms with Crippen molar-refractivity contribution in [2.75, 3.05) is 10.6 Å². The second kappa shape index (κ2) is 5.18. The fourth-order valence-electron chi connectivity index (χ4n) is 0.857. The van der Waals surface area contributed by atoms with Gasteiger partial charge in [0.2, 0.25) is 5.91 Å². The van der Waals surface area contributed by atoms with Crippen LogP contribution in [0.5, 0.6) is 0 Å². The Bertz CT molecular complexity index is 411. The van der Waals surface area contributed by atoms with Crippen LogP contribution in [-0.2, 0) is 4.79 Å². The van der Waals surface area contributed by atoms with Crippen LogP contribution in [-0.4, -0.2) is 27.0 Å². The molecular formula is C8H7BrClN3O2. The second-order valence-corrected chi connectivity index (χ2v) is 3.55. The number of aromatic nitrogens is 2. The van der Waals surface area contributed by atoms with E-state index in [1.165, 1.54) is 13.1 Å². The number of ketones is 1. The Hall–Kier alpha value is -1.01. The highest BCUT2D eigenvalue weighted by atomic mass is 79.9. The maximum absolute atomic E-state index is 11.2. The molecule has 0 aliphatic heterocycles. The number of nitrogens with zero attached hydrogens (tertiary/aromatic N) is 2. The minimum absolute atomic E-state index is 0.0225. The molecule has 5 nitrogen and oxygen atoms in total. The minimum Gasteiger partial charge on any atom is -0.310 e. The van der Waals surface area contributed by atoms with Crippen molar-refractivity contribution < 1.29 is 9.59 Å². The predicted molar refractivity (Wildman–Crippen MR) is 59.5 cm³/mol. The SMILES string of the molecule is CC(=O)Nc1cnc(C(=O)CBr)c(Cl)n1. The number of halogens is 2. The molecule has 7 heteroatoms. The predicted octanol–water partition coefficient (Wildman–Crippen LogP) is 1.67. The molecule has 0 aliphatic carbocycles. The van der Waals surface area contributed by atoms with E-state index in [0.717, 1.165) is 0 Å². The normalized spacial score (nSPS) is 9.80. The van der Waals surface area contributed by atoms with Crippen molar-refractivity contribution >= 4 is 45.0 Å². The molecule has 1 aromatic rings. The molecule has 0 saturated carbocycles. The van der Waals surface area contributed by atoms with E-state index in [1.807, 2.05) is 0 Å². The number of hydrogen-bond acceptors (Lipinski definition) is 4. The summed E-state index contributed by atoms with van der Waals surface area (Å²) in [5.74, 6) is -0.319. The van der Waals surface area contributed by atoms with Gasteiger partial charge in [-0.15, -0.1) is 0 Å². The van der Waals surface area contributed by atoms with Crippen LogP contribution < -0.4 is 5.32 Å². The number of carbonyl (C=O) groups excluding carboxylic acids is 2. The van der Waals surface area contributed by atoms with Gasteiger partial charge in [-0.2, -0.15) is 0 Å². The highest BCUT2D eigenvalue weighted by molar-refractivity contribution is 9.09. The zero-order valence-corrected chi connectivity index (χ0v) is 10.1. The van der Waals surface area contributed by atoms with Gasteiger partial charge >= 0.3 is 0 Å². The summed E-state index contributed by atoms with van der Waals surface area (Å²) in [4.78, 5) is 29.6. The molecule has 1 aromatic heterocycles. The Morgan fingerprint density at radius 1 is 1.60 bits per heavy atom. The van der Waals surface area contributed by atoms with Crippen molar-refractivity contribution in [3.8, 4) is 0 Å². The number of amides is 1. The van der Waals surface area contributed by atoms with Crippen molar-refractivity contribution in [2.45, 2.75) is 6.92 Å². The standard InChI is InChI=1S/C8H7BrClN3O2/c1-4(14)12-6-3-11-7(5(15)2-9)8(10)13-6/h3H,2H2,1H3,(H,12,13,14). The molecular weight excluding hydrogens is 285 g/mol. The van der Waals surface area contributed by atoms with Gasteiger partial charge in [-0.1, -0.05) is 27.5 Å². The largest absolute Gasteiger partial charge is 0.310 e. The molecule has 0 fully saturated rings. The molecule has 0 radical (unpaired) electrons. The van der Waals surface area contributed by atoms with Crippen LogP contribution in [0.15, 0.2) is 6.20 Å². The Balaban J connectivity index is 2.97. The zero-order valence-electron chi connectivity index (χ0n) is 7.75. The van der Waals surface area contributed by atoms with Gasteiger partial charge in [-0.25, -0.2) is 9.97 Å². The number of carbonyl (C=O) groups is 2. The molecule has 0 aromatic carbocycles. The summed E-state index contributed by atoms with van der Waals surface area (Å²) < 4.78 is 0. The van der Waals surface area contributed by atoms with Crippen molar-refractivity contribution in [3.63, 3.8) is 0 Å². The average molecular weight is 293 g/mol. The third-order valence-electron chi connectivity index (χ3n) is 1.42. The maximum atomic E-state index is 11.2. The molecule has 1 heterocycles. The minimum atomic E-state index is -0.278. The van der Waals surface area contributed by atoms with Gasteiger partial charge < -0.3 is 5.32 Å². The van der Waals surface area contributed by atoms with Crippen LogP contribution in [0.4, 0.5) is 5.82 Å². The molecule has 15 heavy (non-hydrogen) atoms. The van der Waals surface area contributed by atoms with Crippen molar-refractivity contribution in [1.82, 2.24) is 9.97 Å². The summed E-state index contributed by atoms with van der Waals surface area (Å²) >= 11 is 8.72. The molecule has 0 unspecified atom stereocenters. The lowest BCUT2D eigenvalue weighted by Crippen LogP contribution is -2.11. The van der Waals surface area contributed by atoms with Gasteiger partial charge in [-0.05, 0) is 0 Å². The topological polar surface area (TPSA) is 72.0 Å². The van der Waals surface area contributed by atoms with Crippen LogP contribution in [0.2, 0.25) is 5.15 Å². The summed E-state index contributed by atoms with van der Waals surface area (Å²) in [6.07, 6.45) is 1.28. The van der Waals surface area contributed by atoms with Gasteiger partial charge in [0.1, 0.15) is 5.69 Å². The molecule has 0 saturated heterocycles. The molecule has 1 N–H and O–H groups in total. The fraction of sp³-hybridized carbons (Fsp3) is 0.250. The molecule has 0 atom stereocenters.